The lowest BCUT2D eigenvalue weighted by Crippen LogP contribution is -2.33. The average molecular weight is 390 g/mol. The molecule has 0 N–H and O–H groups in total. The monoisotopic (exact) mass is 390 g/mol. The summed E-state index contributed by atoms with van der Waals surface area (Å²) >= 11 is 0. The summed E-state index contributed by atoms with van der Waals surface area (Å²) in [6.07, 6.45) is -0.569. The number of alkyl halides is 3. The van der Waals surface area contributed by atoms with Gasteiger partial charge in [-0.05, 0) is 18.2 Å². The lowest BCUT2D eigenvalue weighted by Gasteiger charge is -2.17. The quantitative estimate of drug-likeness (QED) is 0.673. The number of carbonyl (C=O) groups excluding carboxylic acids is 1. The van der Waals surface area contributed by atoms with Crippen LogP contribution >= 0.6 is 0 Å². The van der Waals surface area contributed by atoms with Crippen LogP contribution in [0.3, 0.4) is 0 Å². The first kappa shape index (κ1) is 19.4. The number of pyridine rings is 1. The number of hydrogen-bond donors (Lipinski definition) is 0. The minimum absolute atomic E-state index is 0.208. The highest BCUT2D eigenvalue weighted by Gasteiger charge is 2.31. The van der Waals surface area contributed by atoms with Gasteiger partial charge in [-0.3, -0.25) is 9.59 Å². The van der Waals surface area contributed by atoms with E-state index >= 15 is 0 Å². The molecule has 0 fully saturated rings. The molecule has 28 heavy (non-hydrogen) atoms. The predicted molar refractivity (Wildman–Crippen MR) is 95.7 cm³/mol. The van der Waals surface area contributed by atoms with Crippen LogP contribution in [0.5, 0.6) is 0 Å². The zero-order chi connectivity index (χ0) is 20.3. The minimum atomic E-state index is -4.59. The Morgan fingerprint density at radius 3 is 2.50 bits per heavy atom. The van der Waals surface area contributed by atoms with Gasteiger partial charge < -0.3 is 9.47 Å². The van der Waals surface area contributed by atoms with E-state index in [9.17, 15) is 22.8 Å². The first-order chi connectivity index (χ1) is 13.2. The van der Waals surface area contributed by atoms with Crippen molar-refractivity contribution in [3.63, 3.8) is 0 Å². The highest BCUT2D eigenvalue weighted by molar-refractivity contribution is 5.75. The number of likely N-dealkylation sites (N-methyl/N-ethyl adjacent to an activating group) is 1. The predicted octanol–water partition coefficient (Wildman–Crippen LogP) is 2.71. The van der Waals surface area contributed by atoms with Crippen molar-refractivity contribution in [2.45, 2.75) is 19.3 Å². The van der Waals surface area contributed by atoms with Gasteiger partial charge >= 0.3 is 6.18 Å². The fourth-order valence-corrected chi connectivity index (χ4v) is 2.61. The zero-order valence-electron chi connectivity index (χ0n) is 14.9. The molecule has 1 amide bonds. The molecular weight excluding hydrogens is 373 g/mol. The van der Waals surface area contributed by atoms with Gasteiger partial charge in [0.15, 0.2) is 0 Å². The van der Waals surface area contributed by atoms with E-state index in [2.05, 4.69) is 5.10 Å². The molecule has 9 heteroatoms. The molecule has 0 unspecified atom stereocenters. The van der Waals surface area contributed by atoms with E-state index in [-0.39, 0.29) is 6.54 Å². The number of hydrogen-bond acceptors (Lipinski definition) is 3. The number of amides is 1. The van der Waals surface area contributed by atoms with Gasteiger partial charge in [0.25, 0.3) is 5.56 Å². The Morgan fingerprint density at radius 1 is 1.11 bits per heavy atom. The van der Waals surface area contributed by atoms with Gasteiger partial charge in [0.05, 0.1) is 17.4 Å². The van der Waals surface area contributed by atoms with Crippen molar-refractivity contribution < 1.29 is 18.0 Å². The Bertz CT molecular complexity index is 1030. The average Bonchev–Trinajstić information content (AvgIpc) is 3.11. The molecule has 0 aliphatic carbocycles. The van der Waals surface area contributed by atoms with Crippen molar-refractivity contribution in [2.24, 2.45) is 0 Å². The standard InChI is InChI=1S/C19H17F3N4O2/c1-24(10-14-9-23-26(11-14)16-5-3-2-4-6-16)18(28)13-25-12-15(19(20,21)22)7-8-17(25)27/h2-9,11-12H,10,13H2,1H3. The normalized spacial score (nSPS) is 11.4. The Kier molecular flexibility index (Phi) is 5.34. The van der Waals surface area contributed by atoms with E-state index in [1.54, 1.807) is 17.1 Å². The summed E-state index contributed by atoms with van der Waals surface area (Å²) in [6.45, 7) is -0.272. The topological polar surface area (TPSA) is 60.1 Å². The summed E-state index contributed by atoms with van der Waals surface area (Å²) < 4.78 is 40.8. The Balaban J connectivity index is 1.69. The summed E-state index contributed by atoms with van der Waals surface area (Å²) in [6, 6.07) is 10.9. The molecule has 2 heterocycles. The van der Waals surface area contributed by atoms with E-state index < -0.39 is 29.8 Å². The van der Waals surface area contributed by atoms with E-state index in [0.29, 0.717) is 12.3 Å². The molecule has 146 valence electrons. The smallest absolute Gasteiger partial charge is 0.340 e. The fraction of sp³-hybridized carbons (Fsp3) is 0.211. The highest BCUT2D eigenvalue weighted by Crippen LogP contribution is 2.28. The van der Waals surface area contributed by atoms with Crippen molar-refractivity contribution in [1.29, 1.82) is 0 Å². The molecular formula is C19H17F3N4O2. The largest absolute Gasteiger partial charge is 0.417 e. The van der Waals surface area contributed by atoms with Crippen LogP contribution in [-0.4, -0.2) is 32.2 Å². The summed E-state index contributed by atoms with van der Waals surface area (Å²) in [5.41, 5.74) is -0.0484. The van der Waals surface area contributed by atoms with Crippen molar-refractivity contribution in [2.75, 3.05) is 7.05 Å². The van der Waals surface area contributed by atoms with E-state index in [4.69, 9.17) is 0 Å². The lowest BCUT2D eigenvalue weighted by molar-refractivity contribution is -0.138. The molecule has 0 radical (unpaired) electrons. The molecule has 0 aliphatic heterocycles. The maximum atomic E-state index is 12.8. The summed E-state index contributed by atoms with van der Waals surface area (Å²) in [4.78, 5) is 25.5. The summed E-state index contributed by atoms with van der Waals surface area (Å²) in [7, 11) is 1.51. The maximum Gasteiger partial charge on any atom is 0.417 e. The molecule has 0 bridgehead atoms. The van der Waals surface area contributed by atoms with Crippen molar-refractivity contribution in [3.05, 3.63) is 82.5 Å². The second-order valence-electron chi connectivity index (χ2n) is 6.26. The van der Waals surface area contributed by atoms with Crippen LogP contribution in [0.4, 0.5) is 13.2 Å². The molecule has 6 nitrogen and oxygen atoms in total. The van der Waals surface area contributed by atoms with Crippen LogP contribution in [-0.2, 0) is 24.1 Å². The fourth-order valence-electron chi connectivity index (χ4n) is 2.61. The molecule has 1 aromatic carbocycles. The Hall–Kier alpha value is -3.36. The first-order valence-electron chi connectivity index (χ1n) is 8.34. The van der Waals surface area contributed by atoms with E-state index in [1.165, 1.54) is 11.9 Å². The number of nitrogens with zero attached hydrogens (tertiary/aromatic N) is 4. The van der Waals surface area contributed by atoms with E-state index in [0.717, 1.165) is 21.9 Å². The molecule has 0 atom stereocenters. The zero-order valence-corrected chi connectivity index (χ0v) is 14.9. The molecule has 0 saturated carbocycles. The summed E-state index contributed by atoms with van der Waals surface area (Å²) in [5.74, 6) is -0.492. The molecule has 0 aliphatic rings. The van der Waals surface area contributed by atoms with Gasteiger partial charge in [0.1, 0.15) is 6.54 Å². The number of benzene rings is 1. The van der Waals surface area contributed by atoms with Crippen LogP contribution < -0.4 is 5.56 Å². The van der Waals surface area contributed by atoms with Gasteiger partial charge in [0, 0.05) is 37.6 Å². The number of rotatable bonds is 5. The van der Waals surface area contributed by atoms with Crippen LogP contribution in [0.2, 0.25) is 0 Å². The molecule has 2 aromatic heterocycles. The SMILES string of the molecule is CN(Cc1cnn(-c2ccccc2)c1)C(=O)Cn1cc(C(F)(F)F)ccc1=O. The second-order valence-corrected chi connectivity index (χ2v) is 6.26. The van der Waals surface area contributed by atoms with Gasteiger partial charge in [-0.1, -0.05) is 18.2 Å². The van der Waals surface area contributed by atoms with Gasteiger partial charge in [-0.15, -0.1) is 0 Å². The summed E-state index contributed by atoms with van der Waals surface area (Å²) in [5, 5.41) is 4.23. The number of para-hydroxylation sites is 1. The first-order valence-corrected chi connectivity index (χ1v) is 8.34. The minimum Gasteiger partial charge on any atom is -0.340 e. The van der Waals surface area contributed by atoms with Crippen molar-refractivity contribution in [1.82, 2.24) is 19.2 Å². The number of aromatic nitrogens is 3. The van der Waals surface area contributed by atoms with Crippen LogP contribution in [0.15, 0.2) is 65.8 Å². The van der Waals surface area contributed by atoms with Crippen molar-refractivity contribution in [3.8, 4) is 5.69 Å². The van der Waals surface area contributed by atoms with Gasteiger partial charge in [-0.25, -0.2) is 4.68 Å². The Morgan fingerprint density at radius 2 is 1.82 bits per heavy atom. The highest BCUT2D eigenvalue weighted by atomic mass is 19.4. The van der Waals surface area contributed by atoms with Gasteiger partial charge in [0.2, 0.25) is 5.91 Å². The lowest BCUT2D eigenvalue weighted by atomic mass is 10.2. The third-order valence-corrected chi connectivity index (χ3v) is 4.12. The Labute approximate surface area is 158 Å². The van der Waals surface area contributed by atoms with Crippen LogP contribution in [0.1, 0.15) is 11.1 Å². The third-order valence-electron chi connectivity index (χ3n) is 4.12. The van der Waals surface area contributed by atoms with Crippen molar-refractivity contribution >= 4 is 5.91 Å². The third kappa shape index (κ3) is 4.48. The number of halogens is 3. The number of carbonyl (C=O) groups is 1. The van der Waals surface area contributed by atoms with E-state index in [1.807, 2.05) is 30.3 Å². The van der Waals surface area contributed by atoms with Gasteiger partial charge in [-0.2, -0.15) is 18.3 Å². The second kappa shape index (κ2) is 7.71. The molecule has 3 rings (SSSR count). The maximum absolute atomic E-state index is 12.8. The molecule has 0 spiro atoms. The molecule has 0 saturated heterocycles. The molecule has 3 aromatic rings. The van der Waals surface area contributed by atoms with Crippen LogP contribution in [0, 0.1) is 0 Å². The van der Waals surface area contributed by atoms with Crippen LogP contribution in [0.25, 0.3) is 5.69 Å².